The number of halogens is 3. The van der Waals surface area contributed by atoms with Crippen molar-refractivity contribution in [2.45, 2.75) is 0 Å². The second-order valence-corrected chi connectivity index (χ2v) is 4.17. The van der Waals surface area contributed by atoms with E-state index < -0.39 is 4.92 Å². The third kappa shape index (κ3) is 1.59. The highest BCUT2D eigenvalue weighted by Crippen LogP contribution is 2.45. The summed E-state index contributed by atoms with van der Waals surface area (Å²) < 4.78 is 0.147. The smallest absolute Gasteiger partial charge is 0.258 e. The number of nitrogens with zero attached hydrogens (tertiary/aromatic N) is 1. The maximum Gasteiger partial charge on any atom is 0.318 e. The molecule has 0 aliphatic heterocycles. The molecule has 0 spiro atoms. The van der Waals surface area contributed by atoms with Gasteiger partial charge in [-0.2, -0.15) is 0 Å². The van der Waals surface area contributed by atoms with Gasteiger partial charge in [0, 0.05) is 0 Å². The molecule has 1 aromatic heterocycles. The Morgan fingerprint density at radius 1 is 1.27 bits per heavy atom. The quantitative estimate of drug-likeness (QED) is 0.548. The lowest BCUT2D eigenvalue weighted by Gasteiger charge is -1.85. The highest BCUT2D eigenvalue weighted by atomic mass is 35.5. The second-order valence-electron chi connectivity index (χ2n) is 1.57. The van der Waals surface area contributed by atoms with Crippen molar-refractivity contribution in [1.29, 1.82) is 0 Å². The molecule has 7 heteroatoms. The minimum atomic E-state index is -0.660. The first kappa shape index (κ1) is 9.06. The van der Waals surface area contributed by atoms with Crippen LogP contribution >= 0.6 is 46.1 Å². The van der Waals surface area contributed by atoms with Gasteiger partial charge in [-0.3, -0.25) is 10.1 Å². The number of nitro groups is 1. The summed E-state index contributed by atoms with van der Waals surface area (Å²) in [5.74, 6) is 0. The standard InChI is InChI=1S/C4Cl3NO2S/c5-1-2(8(9)10)4(7)11-3(1)6. The predicted octanol–water partition coefficient (Wildman–Crippen LogP) is 3.62. The molecule has 0 aliphatic carbocycles. The lowest BCUT2D eigenvalue weighted by molar-refractivity contribution is -0.384. The molecule has 0 N–H and O–H groups in total. The highest BCUT2D eigenvalue weighted by molar-refractivity contribution is 7.21. The fraction of sp³-hybridized carbons (Fsp3) is 0. The minimum absolute atomic E-state index is 0.00463. The van der Waals surface area contributed by atoms with Gasteiger partial charge in [0.2, 0.25) is 0 Å². The first-order valence-corrected chi connectivity index (χ1v) is 4.26. The van der Waals surface area contributed by atoms with Gasteiger partial charge in [0.15, 0.2) is 4.34 Å². The van der Waals surface area contributed by atoms with Crippen LogP contribution in [0.15, 0.2) is 0 Å². The molecule has 0 fully saturated rings. The fourth-order valence-electron chi connectivity index (χ4n) is 0.503. The van der Waals surface area contributed by atoms with Crippen molar-refractivity contribution < 1.29 is 4.92 Å². The number of hydrogen-bond donors (Lipinski definition) is 0. The zero-order valence-electron chi connectivity index (χ0n) is 4.81. The van der Waals surface area contributed by atoms with Crippen molar-refractivity contribution in [1.82, 2.24) is 0 Å². The minimum Gasteiger partial charge on any atom is -0.258 e. The molecule has 11 heavy (non-hydrogen) atoms. The molecule has 0 saturated carbocycles. The highest BCUT2D eigenvalue weighted by Gasteiger charge is 2.23. The van der Waals surface area contributed by atoms with Gasteiger partial charge in [-0.1, -0.05) is 34.8 Å². The van der Waals surface area contributed by atoms with E-state index in [1.165, 1.54) is 0 Å². The predicted molar refractivity (Wildman–Crippen MR) is 46.0 cm³/mol. The van der Waals surface area contributed by atoms with Crippen LogP contribution < -0.4 is 0 Å². The van der Waals surface area contributed by atoms with E-state index in [0.717, 1.165) is 11.3 Å². The van der Waals surface area contributed by atoms with Crippen LogP contribution in [0.5, 0.6) is 0 Å². The fourth-order valence-corrected chi connectivity index (χ4v) is 2.34. The molecule has 0 aromatic carbocycles. The summed E-state index contributed by atoms with van der Waals surface area (Å²) in [4.78, 5) is 9.58. The van der Waals surface area contributed by atoms with Crippen molar-refractivity contribution in [3.05, 3.63) is 23.8 Å². The van der Waals surface area contributed by atoms with Crippen molar-refractivity contribution in [2.24, 2.45) is 0 Å². The Labute approximate surface area is 80.6 Å². The third-order valence-corrected chi connectivity index (χ3v) is 3.09. The van der Waals surface area contributed by atoms with Gasteiger partial charge in [0.1, 0.15) is 9.36 Å². The molecule has 1 rings (SSSR count). The Morgan fingerprint density at radius 2 is 1.82 bits per heavy atom. The van der Waals surface area contributed by atoms with Gasteiger partial charge in [-0.25, -0.2) is 0 Å². The van der Waals surface area contributed by atoms with Crippen LogP contribution in [-0.2, 0) is 0 Å². The molecule has 0 atom stereocenters. The molecule has 3 nitrogen and oxygen atoms in total. The molecule has 0 amide bonds. The van der Waals surface area contributed by atoms with Gasteiger partial charge in [-0.15, -0.1) is 11.3 Å². The van der Waals surface area contributed by atoms with E-state index in [-0.39, 0.29) is 19.4 Å². The summed E-state index contributed by atoms with van der Waals surface area (Å²) in [6.45, 7) is 0. The Morgan fingerprint density at radius 3 is 2.00 bits per heavy atom. The lowest BCUT2D eigenvalue weighted by atomic mass is 10.5. The van der Waals surface area contributed by atoms with E-state index >= 15 is 0 Å². The molecule has 1 heterocycles. The van der Waals surface area contributed by atoms with Crippen LogP contribution in [0.25, 0.3) is 0 Å². The van der Waals surface area contributed by atoms with E-state index in [1.807, 2.05) is 0 Å². The maximum atomic E-state index is 10.2. The molecule has 1 aromatic rings. The number of rotatable bonds is 1. The molecule has 0 aliphatic rings. The summed E-state index contributed by atoms with van der Waals surface area (Å²) in [6.07, 6.45) is 0. The maximum absolute atomic E-state index is 10.2. The van der Waals surface area contributed by atoms with Crippen LogP contribution in [0, 0.1) is 10.1 Å². The van der Waals surface area contributed by atoms with Crippen LogP contribution in [-0.4, -0.2) is 4.92 Å². The monoisotopic (exact) mass is 231 g/mol. The van der Waals surface area contributed by atoms with Crippen molar-refractivity contribution in [2.75, 3.05) is 0 Å². The number of hydrogen-bond acceptors (Lipinski definition) is 3. The van der Waals surface area contributed by atoms with E-state index in [1.54, 1.807) is 0 Å². The molecular formula is C4Cl3NO2S. The Bertz CT molecular complexity index is 311. The average Bonchev–Trinajstić information content (AvgIpc) is 2.07. The van der Waals surface area contributed by atoms with Crippen LogP contribution in [0.1, 0.15) is 0 Å². The van der Waals surface area contributed by atoms with Crippen LogP contribution in [0.3, 0.4) is 0 Å². The summed E-state index contributed by atoms with van der Waals surface area (Å²) in [7, 11) is 0. The second kappa shape index (κ2) is 3.15. The van der Waals surface area contributed by atoms with E-state index in [9.17, 15) is 10.1 Å². The summed E-state index contributed by atoms with van der Waals surface area (Å²) in [6, 6.07) is 0. The van der Waals surface area contributed by atoms with Crippen LogP contribution in [0.2, 0.25) is 13.7 Å². The van der Waals surface area contributed by atoms with Gasteiger partial charge < -0.3 is 0 Å². The number of thiophene rings is 1. The van der Waals surface area contributed by atoms with Crippen molar-refractivity contribution in [3.63, 3.8) is 0 Å². The molecule has 60 valence electrons. The third-order valence-electron chi connectivity index (χ3n) is 0.928. The Kier molecular flexibility index (Phi) is 2.59. The van der Waals surface area contributed by atoms with Crippen LogP contribution in [0.4, 0.5) is 5.69 Å². The van der Waals surface area contributed by atoms with Gasteiger partial charge in [0.05, 0.1) is 4.92 Å². The van der Waals surface area contributed by atoms with Gasteiger partial charge >= 0.3 is 5.69 Å². The van der Waals surface area contributed by atoms with E-state index in [2.05, 4.69) is 0 Å². The van der Waals surface area contributed by atoms with Gasteiger partial charge in [-0.05, 0) is 0 Å². The molecule has 0 bridgehead atoms. The van der Waals surface area contributed by atoms with E-state index in [4.69, 9.17) is 34.8 Å². The zero-order valence-corrected chi connectivity index (χ0v) is 7.89. The SMILES string of the molecule is O=[N+]([O-])c1c(Cl)sc(Cl)c1Cl. The Hall–Kier alpha value is -0.0300. The first-order chi connectivity index (χ1) is 5.04. The molecule has 0 unspecified atom stereocenters. The largest absolute Gasteiger partial charge is 0.318 e. The van der Waals surface area contributed by atoms with Gasteiger partial charge in [0.25, 0.3) is 0 Å². The van der Waals surface area contributed by atoms with Crippen molar-refractivity contribution >= 4 is 51.8 Å². The normalized spacial score (nSPS) is 10.1. The molecular weight excluding hydrogens is 232 g/mol. The first-order valence-electron chi connectivity index (χ1n) is 2.31. The lowest BCUT2D eigenvalue weighted by Crippen LogP contribution is -1.85. The molecule has 0 radical (unpaired) electrons. The Balaban J connectivity index is 3.34. The summed E-state index contributed by atoms with van der Waals surface area (Å²) in [5.41, 5.74) is -0.316. The van der Waals surface area contributed by atoms with Crippen molar-refractivity contribution in [3.8, 4) is 0 Å². The topological polar surface area (TPSA) is 43.1 Å². The van der Waals surface area contributed by atoms with E-state index in [0.29, 0.717) is 0 Å². The average molecular weight is 232 g/mol. The summed E-state index contributed by atoms with van der Waals surface area (Å²) in [5, 5.41) is 10.1. The summed E-state index contributed by atoms with van der Waals surface area (Å²) >= 11 is 17.3. The zero-order chi connectivity index (χ0) is 8.59. The molecule has 0 saturated heterocycles.